The van der Waals surface area contributed by atoms with Gasteiger partial charge in [-0.05, 0) is 54.6 Å². The van der Waals surface area contributed by atoms with Crippen molar-refractivity contribution in [2.24, 2.45) is 0 Å². The number of H-pyrrole nitrogens is 1. The fourth-order valence-corrected chi connectivity index (χ4v) is 3.40. The number of benzene rings is 2. The highest BCUT2D eigenvalue weighted by molar-refractivity contribution is 7.22. The molecule has 27 heavy (non-hydrogen) atoms. The van der Waals surface area contributed by atoms with Crippen molar-refractivity contribution in [3.05, 3.63) is 77.9 Å². The number of rotatable bonds is 4. The van der Waals surface area contributed by atoms with Gasteiger partial charge in [-0.3, -0.25) is 14.9 Å². The molecule has 0 saturated heterocycles. The third-order valence-corrected chi connectivity index (χ3v) is 4.75. The van der Waals surface area contributed by atoms with Gasteiger partial charge in [-0.25, -0.2) is 9.37 Å². The molecule has 2 amide bonds. The van der Waals surface area contributed by atoms with Crippen LogP contribution in [-0.2, 0) is 0 Å². The summed E-state index contributed by atoms with van der Waals surface area (Å²) < 4.78 is 13.8. The summed E-state index contributed by atoms with van der Waals surface area (Å²) in [6, 6.07) is 14.0. The molecule has 0 bridgehead atoms. The average Bonchev–Trinajstić information content (AvgIpc) is 3.31. The van der Waals surface area contributed by atoms with Crippen molar-refractivity contribution in [3.63, 3.8) is 0 Å². The second-order valence-electron chi connectivity index (χ2n) is 5.70. The molecule has 0 radical (unpaired) electrons. The number of thiazole rings is 1. The number of aromatic amines is 1. The number of halogens is 1. The minimum atomic E-state index is -0.397. The molecule has 6 nitrogen and oxygen atoms in total. The predicted molar refractivity (Wildman–Crippen MR) is 103 cm³/mol. The summed E-state index contributed by atoms with van der Waals surface area (Å²) in [5.74, 6) is -1.01. The molecular formula is C19H13FN4O2S. The lowest BCUT2D eigenvalue weighted by atomic mass is 10.2. The summed E-state index contributed by atoms with van der Waals surface area (Å²) in [5.41, 5.74) is 2.10. The van der Waals surface area contributed by atoms with E-state index in [-0.39, 0.29) is 11.8 Å². The maximum absolute atomic E-state index is 13.0. The molecule has 4 rings (SSSR count). The van der Waals surface area contributed by atoms with Crippen molar-refractivity contribution in [3.8, 4) is 0 Å². The Balaban J connectivity index is 1.51. The highest BCUT2D eigenvalue weighted by Crippen LogP contribution is 2.28. The number of amides is 2. The van der Waals surface area contributed by atoms with Crippen molar-refractivity contribution in [1.29, 1.82) is 0 Å². The van der Waals surface area contributed by atoms with Crippen LogP contribution in [0.2, 0.25) is 0 Å². The number of carbonyl (C=O) groups excluding carboxylic acids is 2. The van der Waals surface area contributed by atoms with E-state index in [1.807, 2.05) is 0 Å². The quantitative estimate of drug-likeness (QED) is 0.494. The Morgan fingerprint density at radius 1 is 1.00 bits per heavy atom. The van der Waals surface area contributed by atoms with Crippen molar-refractivity contribution in [2.45, 2.75) is 0 Å². The molecule has 3 N–H and O–H groups in total. The molecule has 0 aliphatic rings. The highest BCUT2D eigenvalue weighted by atomic mass is 32.1. The van der Waals surface area contributed by atoms with E-state index in [1.54, 1.807) is 36.5 Å². The first-order valence-corrected chi connectivity index (χ1v) is 8.82. The summed E-state index contributed by atoms with van der Waals surface area (Å²) in [6.07, 6.45) is 1.67. The highest BCUT2D eigenvalue weighted by Gasteiger charge is 2.12. The van der Waals surface area contributed by atoms with Crippen molar-refractivity contribution < 1.29 is 14.0 Å². The summed E-state index contributed by atoms with van der Waals surface area (Å²) in [7, 11) is 0. The Labute approximate surface area is 157 Å². The molecule has 0 aliphatic carbocycles. The van der Waals surface area contributed by atoms with E-state index in [4.69, 9.17) is 0 Å². The summed E-state index contributed by atoms with van der Waals surface area (Å²) in [5, 5.41) is 5.97. The van der Waals surface area contributed by atoms with E-state index in [2.05, 4.69) is 20.6 Å². The van der Waals surface area contributed by atoms with Gasteiger partial charge < -0.3 is 10.3 Å². The molecule has 0 aliphatic heterocycles. The lowest BCUT2D eigenvalue weighted by Gasteiger charge is -2.05. The maximum atomic E-state index is 13.0. The lowest BCUT2D eigenvalue weighted by Crippen LogP contribution is -2.11. The van der Waals surface area contributed by atoms with E-state index in [0.717, 1.165) is 4.70 Å². The van der Waals surface area contributed by atoms with Crippen LogP contribution >= 0.6 is 11.3 Å². The largest absolute Gasteiger partial charge is 0.357 e. The summed E-state index contributed by atoms with van der Waals surface area (Å²) in [4.78, 5) is 31.5. The fraction of sp³-hybridized carbons (Fsp3) is 0. The Hall–Kier alpha value is -3.52. The van der Waals surface area contributed by atoms with Gasteiger partial charge in [-0.2, -0.15) is 0 Å². The van der Waals surface area contributed by atoms with Gasteiger partial charge in [0, 0.05) is 17.4 Å². The molecule has 0 atom stereocenters. The van der Waals surface area contributed by atoms with Crippen LogP contribution in [0.3, 0.4) is 0 Å². The topological polar surface area (TPSA) is 86.9 Å². The molecule has 8 heteroatoms. The molecule has 2 aromatic carbocycles. The minimum Gasteiger partial charge on any atom is -0.357 e. The first-order chi connectivity index (χ1) is 13.1. The van der Waals surface area contributed by atoms with Gasteiger partial charge in [0.2, 0.25) is 0 Å². The molecular weight excluding hydrogens is 367 g/mol. The van der Waals surface area contributed by atoms with Gasteiger partial charge in [-0.1, -0.05) is 11.3 Å². The number of fused-ring (bicyclic) bond motifs is 1. The maximum Gasteiger partial charge on any atom is 0.273 e. The molecule has 0 spiro atoms. The smallest absolute Gasteiger partial charge is 0.273 e. The molecule has 0 saturated carbocycles. The third kappa shape index (κ3) is 3.70. The first-order valence-electron chi connectivity index (χ1n) is 8.01. The van der Waals surface area contributed by atoms with Crippen LogP contribution in [0.4, 0.5) is 15.2 Å². The Kier molecular flexibility index (Phi) is 4.39. The standard InChI is InChI=1S/C19H13FN4O2S/c20-12-5-3-11(4-6-12)17(25)22-13-7-8-14-16(10-13)27-19(23-14)24-18(26)15-2-1-9-21-15/h1-10,21H,(H,22,25)(H,23,24,26). The van der Waals surface area contributed by atoms with Crippen LogP contribution in [0.1, 0.15) is 20.8 Å². The average molecular weight is 380 g/mol. The van der Waals surface area contributed by atoms with Crippen LogP contribution < -0.4 is 10.6 Å². The van der Waals surface area contributed by atoms with E-state index >= 15 is 0 Å². The van der Waals surface area contributed by atoms with Gasteiger partial charge in [0.15, 0.2) is 5.13 Å². The van der Waals surface area contributed by atoms with E-state index in [0.29, 0.717) is 27.6 Å². The second-order valence-corrected chi connectivity index (χ2v) is 6.73. The second kappa shape index (κ2) is 7.00. The molecule has 0 unspecified atom stereocenters. The normalized spacial score (nSPS) is 10.7. The van der Waals surface area contributed by atoms with Crippen LogP contribution in [-0.4, -0.2) is 21.8 Å². The molecule has 2 aromatic heterocycles. The number of carbonyl (C=O) groups is 2. The minimum absolute atomic E-state index is 0.274. The number of hydrogen-bond acceptors (Lipinski definition) is 4. The van der Waals surface area contributed by atoms with Gasteiger partial charge in [0.1, 0.15) is 11.5 Å². The number of nitrogens with one attached hydrogen (secondary N) is 3. The first kappa shape index (κ1) is 16.9. The van der Waals surface area contributed by atoms with Gasteiger partial charge >= 0.3 is 0 Å². The third-order valence-electron chi connectivity index (χ3n) is 3.82. The zero-order valence-electron chi connectivity index (χ0n) is 13.8. The zero-order valence-corrected chi connectivity index (χ0v) is 14.6. The monoisotopic (exact) mass is 380 g/mol. The van der Waals surface area contributed by atoms with Crippen LogP contribution in [0.15, 0.2) is 60.8 Å². The lowest BCUT2D eigenvalue weighted by molar-refractivity contribution is 0.101. The fourth-order valence-electron chi connectivity index (χ4n) is 2.50. The molecule has 134 valence electrons. The van der Waals surface area contributed by atoms with E-state index < -0.39 is 5.82 Å². The zero-order chi connectivity index (χ0) is 18.8. The number of nitrogens with zero attached hydrogens (tertiary/aromatic N) is 1. The van der Waals surface area contributed by atoms with Gasteiger partial charge in [0.25, 0.3) is 11.8 Å². The van der Waals surface area contributed by atoms with Crippen LogP contribution in [0.5, 0.6) is 0 Å². The predicted octanol–water partition coefficient (Wildman–Crippen LogP) is 4.27. The Bertz CT molecular complexity index is 1120. The van der Waals surface area contributed by atoms with Gasteiger partial charge in [-0.15, -0.1) is 0 Å². The summed E-state index contributed by atoms with van der Waals surface area (Å²) in [6.45, 7) is 0. The molecule has 2 heterocycles. The van der Waals surface area contributed by atoms with Crippen molar-refractivity contribution in [2.75, 3.05) is 10.6 Å². The Morgan fingerprint density at radius 3 is 2.56 bits per heavy atom. The van der Waals surface area contributed by atoms with Crippen molar-refractivity contribution >= 4 is 44.2 Å². The van der Waals surface area contributed by atoms with Crippen molar-refractivity contribution in [1.82, 2.24) is 9.97 Å². The number of aromatic nitrogens is 2. The van der Waals surface area contributed by atoms with Crippen LogP contribution in [0, 0.1) is 5.82 Å². The Morgan fingerprint density at radius 2 is 1.81 bits per heavy atom. The molecule has 0 fully saturated rings. The molecule has 4 aromatic rings. The SMILES string of the molecule is O=C(Nc1ccc2nc(NC(=O)c3ccc[nH]3)sc2c1)c1ccc(F)cc1. The summed E-state index contributed by atoms with van der Waals surface area (Å²) >= 11 is 1.30. The van der Waals surface area contributed by atoms with E-state index in [9.17, 15) is 14.0 Å². The number of anilines is 2. The van der Waals surface area contributed by atoms with E-state index in [1.165, 1.54) is 35.6 Å². The number of hydrogen-bond donors (Lipinski definition) is 3. The van der Waals surface area contributed by atoms with Gasteiger partial charge in [0.05, 0.1) is 10.2 Å². The van der Waals surface area contributed by atoms with Crippen LogP contribution in [0.25, 0.3) is 10.2 Å².